The highest BCUT2D eigenvalue weighted by Gasteiger charge is 2.25. The summed E-state index contributed by atoms with van der Waals surface area (Å²) in [6, 6.07) is 8.65. The first-order chi connectivity index (χ1) is 10.3. The predicted octanol–water partition coefficient (Wildman–Crippen LogP) is 3.57. The fraction of sp³-hybridized carbons (Fsp3) is 0.611. The molecule has 0 aliphatic heterocycles. The highest BCUT2D eigenvalue weighted by atomic mass is 16.6. The van der Waals surface area contributed by atoms with E-state index >= 15 is 0 Å². The fourth-order valence-electron chi connectivity index (χ4n) is 2.47. The molecule has 0 aromatic heterocycles. The Labute approximate surface area is 133 Å². The van der Waals surface area contributed by atoms with Gasteiger partial charge in [0.2, 0.25) is 0 Å². The number of hydrogen-bond acceptors (Lipinski definition) is 3. The van der Waals surface area contributed by atoms with Gasteiger partial charge in [0.1, 0.15) is 5.60 Å². The average Bonchev–Trinajstić information content (AvgIpc) is 3.21. The monoisotopic (exact) mass is 304 g/mol. The third-order valence-corrected chi connectivity index (χ3v) is 3.60. The van der Waals surface area contributed by atoms with E-state index in [2.05, 4.69) is 34.9 Å². The standard InChI is InChI=1S/C18H28N2O2/c1-13(20-17(21)22-18(2,3)4)11-19-12-15-7-5-6-8-16(15)14-9-10-14/h5-8,13-14,19H,9-12H2,1-4H3,(H,20,21). The summed E-state index contributed by atoms with van der Waals surface area (Å²) in [7, 11) is 0. The predicted molar refractivity (Wildman–Crippen MR) is 89.0 cm³/mol. The maximum Gasteiger partial charge on any atom is 0.407 e. The molecule has 0 radical (unpaired) electrons. The molecule has 0 spiro atoms. The van der Waals surface area contributed by atoms with Crippen molar-refractivity contribution in [3.63, 3.8) is 0 Å². The number of alkyl carbamates (subject to hydrolysis) is 1. The Kier molecular flexibility index (Phi) is 5.46. The molecule has 4 nitrogen and oxygen atoms in total. The van der Waals surface area contributed by atoms with Gasteiger partial charge in [-0.15, -0.1) is 0 Å². The van der Waals surface area contributed by atoms with Crippen LogP contribution >= 0.6 is 0 Å². The topological polar surface area (TPSA) is 50.4 Å². The fourth-order valence-corrected chi connectivity index (χ4v) is 2.47. The van der Waals surface area contributed by atoms with Crippen molar-refractivity contribution in [2.24, 2.45) is 0 Å². The van der Waals surface area contributed by atoms with Crippen LogP contribution in [0.5, 0.6) is 0 Å². The first-order valence-corrected chi connectivity index (χ1v) is 8.13. The van der Waals surface area contributed by atoms with Crippen molar-refractivity contribution < 1.29 is 9.53 Å². The highest BCUT2D eigenvalue weighted by molar-refractivity contribution is 5.68. The smallest absolute Gasteiger partial charge is 0.407 e. The molecule has 1 fully saturated rings. The summed E-state index contributed by atoms with van der Waals surface area (Å²) in [6.07, 6.45) is 2.27. The summed E-state index contributed by atoms with van der Waals surface area (Å²) >= 11 is 0. The molecule has 0 bridgehead atoms. The molecule has 4 heteroatoms. The quantitative estimate of drug-likeness (QED) is 0.845. The van der Waals surface area contributed by atoms with Gasteiger partial charge in [0.15, 0.2) is 0 Å². The molecule has 1 amide bonds. The molecule has 1 aromatic carbocycles. The van der Waals surface area contributed by atoms with E-state index in [-0.39, 0.29) is 12.1 Å². The zero-order valence-corrected chi connectivity index (χ0v) is 14.1. The number of amides is 1. The largest absolute Gasteiger partial charge is 0.444 e. The van der Waals surface area contributed by atoms with Gasteiger partial charge in [-0.05, 0) is 57.6 Å². The van der Waals surface area contributed by atoms with Crippen molar-refractivity contribution in [2.75, 3.05) is 6.54 Å². The third kappa shape index (κ3) is 5.68. The van der Waals surface area contributed by atoms with E-state index in [0.29, 0.717) is 0 Å². The molecule has 1 aliphatic rings. The molecule has 22 heavy (non-hydrogen) atoms. The molecule has 1 aromatic rings. The Morgan fingerprint density at radius 3 is 2.64 bits per heavy atom. The van der Waals surface area contributed by atoms with Crippen LogP contribution in [0.3, 0.4) is 0 Å². The molecule has 2 N–H and O–H groups in total. The van der Waals surface area contributed by atoms with Gasteiger partial charge < -0.3 is 15.4 Å². The lowest BCUT2D eigenvalue weighted by Gasteiger charge is -2.22. The van der Waals surface area contributed by atoms with Gasteiger partial charge in [-0.3, -0.25) is 0 Å². The first kappa shape index (κ1) is 16.8. The number of carbonyl (C=O) groups excluding carboxylic acids is 1. The summed E-state index contributed by atoms with van der Waals surface area (Å²) in [5.41, 5.74) is 2.39. The number of nitrogens with one attached hydrogen (secondary N) is 2. The van der Waals surface area contributed by atoms with Gasteiger partial charge >= 0.3 is 6.09 Å². The van der Waals surface area contributed by atoms with Crippen LogP contribution in [0.15, 0.2) is 24.3 Å². The summed E-state index contributed by atoms with van der Waals surface area (Å²) in [5.74, 6) is 0.760. The van der Waals surface area contributed by atoms with Crippen LogP contribution in [0, 0.1) is 0 Å². The zero-order valence-electron chi connectivity index (χ0n) is 14.1. The number of ether oxygens (including phenoxy) is 1. The molecule has 0 heterocycles. The Hall–Kier alpha value is -1.55. The molecule has 1 aliphatic carbocycles. The van der Waals surface area contributed by atoms with Crippen molar-refractivity contribution >= 4 is 6.09 Å². The highest BCUT2D eigenvalue weighted by Crippen LogP contribution is 2.41. The molecular formula is C18H28N2O2. The summed E-state index contributed by atoms with van der Waals surface area (Å²) in [6.45, 7) is 9.13. The Morgan fingerprint density at radius 2 is 2.00 bits per heavy atom. The van der Waals surface area contributed by atoms with Gasteiger partial charge in [0.05, 0.1) is 0 Å². The van der Waals surface area contributed by atoms with E-state index in [1.54, 1.807) is 0 Å². The first-order valence-electron chi connectivity index (χ1n) is 8.13. The molecular weight excluding hydrogens is 276 g/mol. The van der Waals surface area contributed by atoms with Crippen molar-refractivity contribution in [3.05, 3.63) is 35.4 Å². The second-order valence-electron chi connectivity index (χ2n) is 7.15. The average molecular weight is 304 g/mol. The van der Waals surface area contributed by atoms with Crippen LogP contribution in [0.1, 0.15) is 57.6 Å². The minimum Gasteiger partial charge on any atom is -0.444 e. The Bertz CT molecular complexity index is 504. The van der Waals surface area contributed by atoms with Crippen LogP contribution < -0.4 is 10.6 Å². The molecule has 2 rings (SSSR count). The van der Waals surface area contributed by atoms with E-state index < -0.39 is 5.60 Å². The Balaban J connectivity index is 1.73. The van der Waals surface area contributed by atoms with Gasteiger partial charge in [0, 0.05) is 19.1 Å². The molecule has 1 unspecified atom stereocenters. The third-order valence-electron chi connectivity index (χ3n) is 3.60. The minimum atomic E-state index is -0.458. The molecule has 0 saturated heterocycles. The van der Waals surface area contributed by atoms with Gasteiger partial charge in [-0.2, -0.15) is 0 Å². The number of hydrogen-bond donors (Lipinski definition) is 2. The van der Waals surface area contributed by atoms with Gasteiger partial charge in [-0.25, -0.2) is 4.79 Å². The van der Waals surface area contributed by atoms with Gasteiger partial charge in [0.25, 0.3) is 0 Å². The van der Waals surface area contributed by atoms with E-state index in [4.69, 9.17) is 4.74 Å². The van der Waals surface area contributed by atoms with Crippen molar-refractivity contribution in [3.8, 4) is 0 Å². The number of rotatable bonds is 6. The second-order valence-corrected chi connectivity index (χ2v) is 7.15. The summed E-state index contributed by atoms with van der Waals surface area (Å²) < 4.78 is 5.25. The summed E-state index contributed by atoms with van der Waals surface area (Å²) in [4.78, 5) is 11.7. The molecule has 1 atom stereocenters. The van der Waals surface area contributed by atoms with E-state index in [1.165, 1.54) is 24.0 Å². The van der Waals surface area contributed by atoms with Crippen molar-refractivity contribution in [1.82, 2.24) is 10.6 Å². The Morgan fingerprint density at radius 1 is 1.32 bits per heavy atom. The SMILES string of the molecule is CC(CNCc1ccccc1C1CC1)NC(=O)OC(C)(C)C. The molecule has 122 valence electrons. The van der Waals surface area contributed by atoms with Crippen LogP contribution in [0.2, 0.25) is 0 Å². The maximum atomic E-state index is 11.7. The van der Waals surface area contributed by atoms with Crippen LogP contribution in [-0.2, 0) is 11.3 Å². The van der Waals surface area contributed by atoms with E-state index in [1.807, 2.05) is 27.7 Å². The normalized spacial score (nSPS) is 16.2. The summed E-state index contributed by atoms with van der Waals surface area (Å²) in [5, 5.41) is 6.27. The van der Waals surface area contributed by atoms with Gasteiger partial charge in [-0.1, -0.05) is 24.3 Å². The minimum absolute atomic E-state index is 0.0305. The number of benzene rings is 1. The lowest BCUT2D eigenvalue weighted by atomic mass is 10.0. The lowest BCUT2D eigenvalue weighted by molar-refractivity contribution is 0.0508. The number of carbonyl (C=O) groups is 1. The van der Waals surface area contributed by atoms with Crippen LogP contribution in [0.4, 0.5) is 4.79 Å². The van der Waals surface area contributed by atoms with E-state index in [0.717, 1.165) is 19.0 Å². The van der Waals surface area contributed by atoms with Crippen LogP contribution in [0.25, 0.3) is 0 Å². The lowest BCUT2D eigenvalue weighted by Crippen LogP contribution is -2.42. The zero-order chi connectivity index (χ0) is 16.2. The van der Waals surface area contributed by atoms with Crippen LogP contribution in [-0.4, -0.2) is 24.3 Å². The maximum absolute atomic E-state index is 11.7. The van der Waals surface area contributed by atoms with E-state index in [9.17, 15) is 4.79 Å². The van der Waals surface area contributed by atoms with Crippen molar-refractivity contribution in [2.45, 2.75) is 64.6 Å². The van der Waals surface area contributed by atoms with Crippen molar-refractivity contribution in [1.29, 1.82) is 0 Å². The molecule has 1 saturated carbocycles. The second kappa shape index (κ2) is 7.14.